The zero-order valence-corrected chi connectivity index (χ0v) is 12.0. The molecule has 0 saturated heterocycles. The number of nitrogens with one attached hydrogen (secondary N) is 1. The maximum atomic E-state index is 12.3. The molecule has 1 N–H and O–H groups in total. The van der Waals surface area contributed by atoms with Crippen molar-refractivity contribution >= 4 is 5.97 Å². The molecule has 0 aromatic heterocycles. The second kappa shape index (κ2) is 6.76. The maximum Gasteiger partial charge on any atom is 0.414 e. The van der Waals surface area contributed by atoms with Crippen molar-refractivity contribution in [3.63, 3.8) is 0 Å². The van der Waals surface area contributed by atoms with Crippen LogP contribution in [0.1, 0.15) is 32.6 Å². The van der Waals surface area contributed by atoms with E-state index in [1.807, 2.05) is 0 Å². The Bertz CT molecular complexity index is 335. The van der Waals surface area contributed by atoms with Crippen LogP contribution in [0.3, 0.4) is 0 Å². The molecule has 0 spiro atoms. The molecule has 1 fully saturated rings. The van der Waals surface area contributed by atoms with Crippen molar-refractivity contribution in [2.45, 2.75) is 50.4 Å². The highest BCUT2D eigenvalue weighted by Crippen LogP contribution is 2.38. The normalized spacial score (nSPS) is 28.4. The van der Waals surface area contributed by atoms with Crippen molar-refractivity contribution in [1.29, 1.82) is 0 Å². The zero-order valence-electron chi connectivity index (χ0n) is 12.0. The fourth-order valence-corrected chi connectivity index (χ4v) is 2.83. The third kappa shape index (κ3) is 3.63. The highest BCUT2D eigenvalue weighted by atomic mass is 19.4. The Morgan fingerprint density at radius 2 is 2.15 bits per heavy atom. The van der Waals surface area contributed by atoms with Crippen LogP contribution in [0.15, 0.2) is 0 Å². The molecule has 3 unspecified atom stereocenters. The Morgan fingerprint density at radius 1 is 1.50 bits per heavy atom. The molecule has 7 heteroatoms. The summed E-state index contributed by atoms with van der Waals surface area (Å²) in [5.74, 6) is -0.424. The van der Waals surface area contributed by atoms with Gasteiger partial charge in [-0.05, 0) is 39.2 Å². The second-order valence-corrected chi connectivity index (χ2v) is 5.15. The number of alkyl halides is 3. The number of hydrogen-bond donors (Lipinski definition) is 1. The van der Waals surface area contributed by atoms with Crippen LogP contribution in [0.4, 0.5) is 13.2 Å². The lowest BCUT2D eigenvalue weighted by Crippen LogP contribution is -2.54. The smallest absolute Gasteiger partial charge is 0.414 e. The molecule has 0 aromatic carbocycles. The molecular weight excluding hydrogens is 275 g/mol. The summed E-state index contributed by atoms with van der Waals surface area (Å²) in [5, 5.41) is 2.99. The van der Waals surface area contributed by atoms with Crippen molar-refractivity contribution in [3.8, 4) is 0 Å². The zero-order chi connectivity index (χ0) is 15.4. The van der Waals surface area contributed by atoms with Gasteiger partial charge in [0.15, 0.2) is 6.10 Å². The predicted octanol–water partition coefficient (Wildman–Crippen LogP) is 2.28. The van der Waals surface area contributed by atoms with Gasteiger partial charge in [-0.15, -0.1) is 0 Å². The third-order valence-corrected chi connectivity index (χ3v) is 4.11. The molecule has 0 aromatic rings. The average molecular weight is 297 g/mol. The summed E-state index contributed by atoms with van der Waals surface area (Å²) >= 11 is 0. The van der Waals surface area contributed by atoms with Gasteiger partial charge in [-0.2, -0.15) is 13.2 Å². The summed E-state index contributed by atoms with van der Waals surface area (Å²) in [6.45, 7) is 0.964. The molecule has 118 valence electrons. The molecule has 0 heterocycles. The quantitative estimate of drug-likeness (QED) is 0.764. The Balaban J connectivity index is 2.56. The lowest BCUT2D eigenvalue weighted by molar-refractivity contribution is -0.215. The lowest BCUT2D eigenvalue weighted by Gasteiger charge is -2.32. The molecule has 1 aliphatic carbocycles. The molecule has 1 rings (SSSR count). The molecule has 0 bridgehead atoms. The summed E-state index contributed by atoms with van der Waals surface area (Å²) < 4.78 is 46.7. The van der Waals surface area contributed by atoms with Crippen LogP contribution in [-0.2, 0) is 14.3 Å². The predicted molar refractivity (Wildman–Crippen MR) is 67.2 cm³/mol. The Labute approximate surface area is 117 Å². The van der Waals surface area contributed by atoms with Crippen LogP contribution in [0, 0.1) is 5.92 Å². The van der Waals surface area contributed by atoms with Crippen LogP contribution in [0.25, 0.3) is 0 Å². The number of likely N-dealkylation sites (N-methyl/N-ethyl adjacent to an activating group) is 1. The molecule has 0 radical (unpaired) electrons. The average Bonchev–Trinajstić information content (AvgIpc) is 2.80. The Kier molecular flexibility index (Phi) is 5.82. The van der Waals surface area contributed by atoms with Gasteiger partial charge >= 0.3 is 12.1 Å². The van der Waals surface area contributed by atoms with Gasteiger partial charge in [0.2, 0.25) is 0 Å². The summed E-state index contributed by atoms with van der Waals surface area (Å²) in [6, 6.07) is 0. The molecule has 1 aliphatic rings. The van der Waals surface area contributed by atoms with E-state index in [0.29, 0.717) is 12.8 Å². The number of esters is 1. The number of halogens is 3. The summed E-state index contributed by atoms with van der Waals surface area (Å²) in [4.78, 5) is 11.9. The van der Waals surface area contributed by atoms with Crippen molar-refractivity contribution in [2.75, 3.05) is 20.8 Å². The van der Waals surface area contributed by atoms with E-state index in [1.165, 1.54) is 7.11 Å². The van der Waals surface area contributed by atoms with Gasteiger partial charge < -0.3 is 14.8 Å². The lowest BCUT2D eigenvalue weighted by atomic mass is 9.85. The number of ether oxygens (including phenoxy) is 2. The van der Waals surface area contributed by atoms with Crippen molar-refractivity contribution in [3.05, 3.63) is 0 Å². The van der Waals surface area contributed by atoms with Gasteiger partial charge in [-0.25, -0.2) is 0 Å². The number of carbonyl (C=O) groups is 1. The first-order valence-corrected chi connectivity index (χ1v) is 6.73. The monoisotopic (exact) mass is 297 g/mol. The first-order chi connectivity index (χ1) is 9.28. The number of carbonyl (C=O) groups excluding carboxylic acids is 1. The van der Waals surface area contributed by atoms with Gasteiger partial charge in [-0.3, -0.25) is 4.79 Å². The molecule has 4 nitrogen and oxygen atoms in total. The van der Waals surface area contributed by atoms with E-state index < -0.39 is 17.8 Å². The van der Waals surface area contributed by atoms with E-state index in [1.54, 1.807) is 7.05 Å². The largest absolute Gasteiger partial charge is 0.468 e. The minimum absolute atomic E-state index is 0.0221. The highest BCUT2D eigenvalue weighted by Gasteiger charge is 2.48. The fourth-order valence-electron chi connectivity index (χ4n) is 2.83. The summed E-state index contributed by atoms with van der Waals surface area (Å²) in [5.41, 5.74) is -0.792. The first kappa shape index (κ1) is 17.2. The van der Waals surface area contributed by atoms with Crippen LogP contribution in [0.5, 0.6) is 0 Å². The van der Waals surface area contributed by atoms with Gasteiger partial charge in [0.1, 0.15) is 5.54 Å². The first-order valence-electron chi connectivity index (χ1n) is 6.73. The minimum Gasteiger partial charge on any atom is -0.468 e. The fraction of sp³-hybridized carbons (Fsp3) is 0.923. The van der Waals surface area contributed by atoms with E-state index in [2.05, 4.69) is 5.32 Å². The van der Waals surface area contributed by atoms with Crippen LogP contribution in [-0.4, -0.2) is 44.6 Å². The van der Waals surface area contributed by atoms with Crippen molar-refractivity contribution < 1.29 is 27.4 Å². The number of rotatable bonds is 6. The van der Waals surface area contributed by atoms with E-state index >= 15 is 0 Å². The molecular formula is C13H22F3NO3. The van der Waals surface area contributed by atoms with Crippen LogP contribution >= 0.6 is 0 Å². The van der Waals surface area contributed by atoms with Crippen molar-refractivity contribution in [1.82, 2.24) is 5.32 Å². The second-order valence-electron chi connectivity index (χ2n) is 5.15. The van der Waals surface area contributed by atoms with Gasteiger partial charge in [0, 0.05) is 6.61 Å². The van der Waals surface area contributed by atoms with Crippen molar-refractivity contribution in [2.24, 2.45) is 5.92 Å². The SMILES string of the molecule is CNC1(C(=O)OC)CCCC1CCOC(C)C(F)(F)F. The van der Waals surface area contributed by atoms with Gasteiger partial charge in [0.05, 0.1) is 7.11 Å². The summed E-state index contributed by atoms with van der Waals surface area (Å²) in [7, 11) is 2.99. The molecule has 20 heavy (non-hydrogen) atoms. The summed E-state index contributed by atoms with van der Waals surface area (Å²) in [6.07, 6.45) is -3.48. The van der Waals surface area contributed by atoms with Gasteiger partial charge in [0.25, 0.3) is 0 Å². The minimum atomic E-state index is -4.35. The Morgan fingerprint density at radius 3 is 2.65 bits per heavy atom. The molecule has 1 saturated carbocycles. The third-order valence-electron chi connectivity index (χ3n) is 4.11. The van der Waals surface area contributed by atoms with Crippen LogP contribution in [0.2, 0.25) is 0 Å². The molecule has 0 aliphatic heterocycles. The van der Waals surface area contributed by atoms with Crippen LogP contribution < -0.4 is 5.32 Å². The molecule has 0 amide bonds. The maximum absolute atomic E-state index is 12.3. The highest BCUT2D eigenvalue weighted by molar-refractivity contribution is 5.81. The van der Waals surface area contributed by atoms with Gasteiger partial charge in [-0.1, -0.05) is 6.42 Å². The van der Waals surface area contributed by atoms with E-state index in [-0.39, 0.29) is 18.5 Å². The number of methoxy groups -OCH3 is 1. The topological polar surface area (TPSA) is 47.6 Å². The van der Waals surface area contributed by atoms with E-state index in [0.717, 1.165) is 19.8 Å². The van der Waals surface area contributed by atoms with E-state index in [4.69, 9.17) is 9.47 Å². The standard InChI is InChI=1S/C13H22F3NO3/c1-9(13(14,15)16)20-8-6-10-5-4-7-12(10,17-2)11(18)19-3/h9-10,17H,4-8H2,1-3H3. The van der Waals surface area contributed by atoms with E-state index in [9.17, 15) is 18.0 Å². The number of hydrogen-bond acceptors (Lipinski definition) is 4. The Hall–Kier alpha value is -0.820. The molecule has 3 atom stereocenters.